The highest BCUT2D eigenvalue weighted by Gasteiger charge is 2.08. The molecule has 0 saturated carbocycles. The summed E-state index contributed by atoms with van der Waals surface area (Å²) in [7, 11) is 0. The second-order valence-electron chi connectivity index (χ2n) is 6.22. The summed E-state index contributed by atoms with van der Waals surface area (Å²) in [4.78, 5) is 12.6. The van der Waals surface area contributed by atoms with Gasteiger partial charge in [0.05, 0.1) is 6.54 Å². The van der Waals surface area contributed by atoms with Crippen molar-refractivity contribution in [3.8, 4) is 0 Å². The number of carbonyl (C=O) groups is 1. The molecular formula is C22H19N3O. The molecule has 26 heavy (non-hydrogen) atoms. The van der Waals surface area contributed by atoms with Crippen LogP contribution in [0.25, 0.3) is 10.8 Å². The van der Waals surface area contributed by atoms with E-state index in [2.05, 4.69) is 16.5 Å². The molecule has 1 amide bonds. The maximum Gasteiger partial charge on any atom is 0.251 e. The van der Waals surface area contributed by atoms with Gasteiger partial charge in [-0.3, -0.25) is 9.48 Å². The summed E-state index contributed by atoms with van der Waals surface area (Å²) in [6.07, 6.45) is 3.70. The Balaban J connectivity index is 1.48. The van der Waals surface area contributed by atoms with Gasteiger partial charge in [-0.05, 0) is 40.1 Å². The van der Waals surface area contributed by atoms with Crippen LogP contribution < -0.4 is 5.32 Å². The van der Waals surface area contributed by atoms with Crippen molar-refractivity contribution in [1.82, 2.24) is 15.1 Å². The Morgan fingerprint density at radius 1 is 0.885 bits per heavy atom. The third-order valence-electron chi connectivity index (χ3n) is 4.46. The van der Waals surface area contributed by atoms with Gasteiger partial charge in [-0.1, -0.05) is 54.6 Å². The SMILES string of the molecule is O=C(NCc1ccccc1Cn1cccn1)c1ccc2ccccc2c1. The number of amides is 1. The van der Waals surface area contributed by atoms with Crippen LogP contribution in [0.15, 0.2) is 85.2 Å². The molecule has 0 unspecified atom stereocenters. The van der Waals surface area contributed by atoms with Gasteiger partial charge in [-0.15, -0.1) is 0 Å². The second kappa shape index (κ2) is 7.23. The summed E-state index contributed by atoms with van der Waals surface area (Å²) < 4.78 is 1.88. The van der Waals surface area contributed by atoms with Crippen molar-refractivity contribution >= 4 is 16.7 Å². The summed E-state index contributed by atoms with van der Waals surface area (Å²) in [6, 6.07) is 23.8. The normalized spacial score (nSPS) is 10.8. The fourth-order valence-electron chi connectivity index (χ4n) is 3.06. The highest BCUT2D eigenvalue weighted by atomic mass is 16.1. The van der Waals surface area contributed by atoms with Crippen molar-refractivity contribution in [2.45, 2.75) is 13.1 Å². The van der Waals surface area contributed by atoms with Gasteiger partial charge in [0.25, 0.3) is 5.91 Å². The van der Waals surface area contributed by atoms with Crippen LogP contribution in [-0.2, 0) is 13.1 Å². The number of aromatic nitrogens is 2. The molecule has 4 aromatic rings. The number of rotatable bonds is 5. The Kier molecular flexibility index (Phi) is 4.48. The van der Waals surface area contributed by atoms with Crippen molar-refractivity contribution in [3.05, 3.63) is 102 Å². The number of nitrogens with zero attached hydrogens (tertiary/aromatic N) is 2. The molecule has 0 atom stereocenters. The van der Waals surface area contributed by atoms with Gasteiger partial charge in [-0.2, -0.15) is 5.10 Å². The number of hydrogen-bond donors (Lipinski definition) is 1. The van der Waals surface area contributed by atoms with Gasteiger partial charge in [0.1, 0.15) is 0 Å². The highest BCUT2D eigenvalue weighted by molar-refractivity contribution is 5.98. The predicted octanol–water partition coefficient (Wildman–Crippen LogP) is 4.01. The van der Waals surface area contributed by atoms with Crippen molar-refractivity contribution in [3.63, 3.8) is 0 Å². The van der Waals surface area contributed by atoms with Crippen LogP contribution in [0.2, 0.25) is 0 Å². The van der Waals surface area contributed by atoms with Crippen LogP contribution in [0.1, 0.15) is 21.5 Å². The van der Waals surface area contributed by atoms with Gasteiger partial charge in [0.15, 0.2) is 0 Å². The molecule has 4 heteroatoms. The molecule has 0 aliphatic heterocycles. The molecule has 0 fully saturated rings. The average Bonchev–Trinajstić information content (AvgIpc) is 3.20. The van der Waals surface area contributed by atoms with E-state index in [4.69, 9.17) is 0 Å². The van der Waals surface area contributed by atoms with E-state index >= 15 is 0 Å². The molecule has 128 valence electrons. The minimum absolute atomic E-state index is 0.0651. The number of nitrogens with one attached hydrogen (secondary N) is 1. The number of carbonyl (C=O) groups excluding carboxylic acids is 1. The molecule has 0 aliphatic carbocycles. The lowest BCUT2D eigenvalue weighted by Gasteiger charge is -2.11. The minimum Gasteiger partial charge on any atom is -0.348 e. The third-order valence-corrected chi connectivity index (χ3v) is 4.46. The van der Waals surface area contributed by atoms with Crippen molar-refractivity contribution in [2.75, 3.05) is 0 Å². The van der Waals surface area contributed by atoms with E-state index in [1.165, 1.54) is 0 Å². The molecule has 0 bridgehead atoms. The van der Waals surface area contributed by atoms with E-state index in [-0.39, 0.29) is 5.91 Å². The predicted molar refractivity (Wildman–Crippen MR) is 103 cm³/mol. The first-order valence-electron chi connectivity index (χ1n) is 8.61. The van der Waals surface area contributed by atoms with Gasteiger partial charge >= 0.3 is 0 Å². The fraction of sp³-hybridized carbons (Fsp3) is 0.0909. The first-order valence-corrected chi connectivity index (χ1v) is 8.61. The highest BCUT2D eigenvalue weighted by Crippen LogP contribution is 2.16. The van der Waals surface area contributed by atoms with E-state index in [1.54, 1.807) is 6.20 Å². The minimum atomic E-state index is -0.0651. The van der Waals surface area contributed by atoms with Crippen molar-refractivity contribution in [1.29, 1.82) is 0 Å². The average molecular weight is 341 g/mol. The number of hydrogen-bond acceptors (Lipinski definition) is 2. The maximum atomic E-state index is 12.6. The second-order valence-corrected chi connectivity index (χ2v) is 6.22. The van der Waals surface area contributed by atoms with Crippen LogP contribution in [0.4, 0.5) is 0 Å². The van der Waals surface area contributed by atoms with Crippen molar-refractivity contribution < 1.29 is 4.79 Å². The third kappa shape index (κ3) is 3.49. The van der Waals surface area contributed by atoms with Crippen molar-refractivity contribution in [2.24, 2.45) is 0 Å². The molecule has 1 N–H and O–H groups in total. The Hall–Kier alpha value is -3.40. The van der Waals surface area contributed by atoms with Gasteiger partial charge in [0.2, 0.25) is 0 Å². The molecule has 0 saturated heterocycles. The Morgan fingerprint density at radius 3 is 2.46 bits per heavy atom. The van der Waals surface area contributed by atoms with Crippen LogP contribution in [0.3, 0.4) is 0 Å². The lowest BCUT2D eigenvalue weighted by atomic mass is 10.1. The molecule has 4 nitrogen and oxygen atoms in total. The van der Waals surface area contributed by atoms with Gasteiger partial charge < -0.3 is 5.32 Å². The van der Waals surface area contributed by atoms with E-state index < -0.39 is 0 Å². The summed E-state index contributed by atoms with van der Waals surface area (Å²) in [5.41, 5.74) is 2.92. The smallest absolute Gasteiger partial charge is 0.251 e. The standard InChI is InChI=1S/C22H19N3O/c26-22(19-11-10-17-6-1-2-7-18(17)14-19)23-15-20-8-3-4-9-21(20)16-25-13-5-12-24-25/h1-14H,15-16H2,(H,23,26). The number of fused-ring (bicyclic) bond motifs is 1. The zero-order valence-corrected chi connectivity index (χ0v) is 14.3. The molecule has 0 spiro atoms. The molecule has 1 heterocycles. The van der Waals surface area contributed by atoms with Gasteiger partial charge in [0, 0.05) is 24.5 Å². The van der Waals surface area contributed by atoms with Crippen LogP contribution >= 0.6 is 0 Å². The van der Waals surface area contributed by atoms with Gasteiger partial charge in [-0.25, -0.2) is 0 Å². The van der Waals surface area contributed by atoms with Crippen LogP contribution in [0.5, 0.6) is 0 Å². The quantitative estimate of drug-likeness (QED) is 0.596. The van der Waals surface area contributed by atoms with E-state index in [9.17, 15) is 4.79 Å². The molecule has 0 aliphatic rings. The molecule has 4 rings (SSSR count). The molecular weight excluding hydrogens is 322 g/mol. The topological polar surface area (TPSA) is 46.9 Å². The summed E-state index contributed by atoms with van der Waals surface area (Å²) in [6.45, 7) is 1.18. The number of benzene rings is 3. The molecule has 3 aromatic carbocycles. The largest absolute Gasteiger partial charge is 0.348 e. The Bertz CT molecular complexity index is 1040. The zero-order chi connectivity index (χ0) is 17.8. The lowest BCUT2D eigenvalue weighted by molar-refractivity contribution is 0.0951. The van der Waals surface area contributed by atoms with Crippen LogP contribution in [-0.4, -0.2) is 15.7 Å². The Morgan fingerprint density at radius 2 is 1.65 bits per heavy atom. The van der Waals surface area contributed by atoms with E-state index in [1.807, 2.05) is 77.6 Å². The Labute approximate surface area is 152 Å². The zero-order valence-electron chi connectivity index (χ0n) is 14.3. The fourth-order valence-corrected chi connectivity index (χ4v) is 3.06. The summed E-state index contributed by atoms with van der Waals surface area (Å²) in [5, 5.41) is 9.49. The summed E-state index contributed by atoms with van der Waals surface area (Å²) in [5.74, 6) is -0.0651. The molecule has 1 aromatic heterocycles. The lowest BCUT2D eigenvalue weighted by Crippen LogP contribution is -2.23. The molecule has 0 radical (unpaired) electrons. The van der Waals surface area contributed by atoms with Crippen LogP contribution in [0, 0.1) is 0 Å². The van der Waals surface area contributed by atoms with E-state index in [0.29, 0.717) is 18.7 Å². The summed E-state index contributed by atoms with van der Waals surface area (Å²) >= 11 is 0. The first kappa shape index (κ1) is 16.1. The monoisotopic (exact) mass is 341 g/mol. The van der Waals surface area contributed by atoms with E-state index in [0.717, 1.165) is 21.9 Å². The first-order chi connectivity index (χ1) is 12.8. The maximum absolute atomic E-state index is 12.6.